The first kappa shape index (κ1) is 15.9. The molecule has 0 aliphatic heterocycles. The summed E-state index contributed by atoms with van der Waals surface area (Å²) >= 11 is 0. The molecule has 0 aliphatic carbocycles. The van der Waals surface area contributed by atoms with Gasteiger partial charge in [0.05, 0.1) is 33.0 Å². The molecule has 0 aliphatic rings. The third-order valence-electron chi connectivity index (χ3n) is 3.73. The Labute approximate surface area is 140 Å². The highest BCUT2D eigenvalue weighted by atomic mass is 16.5. The van der Waals surface area contributed by atoms with Crippen LogP contribution in [0.15, 0.2) is 48.7 Å². The number of hydrogen-bond donors (Lipinski definition) is 0. The van der Waals surface area contributed by atoms with E-state index in [1.807, 2.05) is 42.5 Å². The number of nitrogens with zero attached hydrogens (tertiary/aromatic N) is 1. The minimum absolute atomic E-state index is 0.463. The van der Waals surface area contributed by atoms with Gasteiger partial charge in [0.15, 0.2) is 11.5 Å². The molecule has 124 valence electrons. The molecule has 24 heavy (non-hydrogen) atoms. The van der Waals surface area contributed by atoms with Crippen molar-refractivity contribution in [2.24, 2.45) is 0 Å². The number of aromatic nitrogens is 1. The Balaban J connectivity index is 1.79. The summed E-state index contributed by atoms with van der Waals surface area (Å²) < 4.78 is 21.6. The fourth-order valence-electron chi connectivity index (χ4n) is 2.40. The Morgan fingerprint density at radius 2 is 1.50 bits per heavy atom. The van der Waals surface area contributed by atoms with Crippen LogP contribution in [0.2, 0.25) is 0 Å². The van der Waals surface area contributed by atoms with Crippen molar-refractivity contribution in [3.8, 4) is 23.0 Å². The summed E-state index contributed by atoms with van der Waals surface area (Å²) in [5.41, 5.74) is 1.88. The highest BCUT2D eigenvalue weighted by molar-refractivity contribution is 5.83. The van der Waals surface area contributed by atoms with Gasteiger partial charge in [0, 0.05) is 11.5 Å². The van der Waals surface area contributed by atoms with Gasteiger partial charge in [-0.2, -0.15) is 0 Å². The van der Waals surface area contributed by atoms with Crippen LogP contribution in [-0.2, 0) is 6.61 Å². The van der Waals surface area contributed by atoms with Crippen LogP contribution in [0.1, 0.15) is 5.56 Å². The standard InChI is InChI=1S/C19H19NO4/c1-21-15-6-4-13(5-7-15)12-24-16-8-14-9-18(22-2)19(23-3)10-17(14)20-11-16/h4-11H,12H2,1-3H3. The summed E-state index contributed by atoms with van der Waals surface area (Å²) in [7, 11) is 4.87. The van der Waals surface area contributed by atoms with E-state index in [2.05, 4.69) is 4.98 Å². The van der Waals surface area contributed by atoms with Crippen LogP contribution >= 0.6 is 0 Å². The first-order chi connectivity index (χ1) is 11.7. The van der Waals surface area contributed by atoms with Gasteiger partial charge in [-0.1, -0.05) is 12.1 Å². The Bertz CT molecular complexity index is 831. The van der Waals surface area contributed by atoms with E-state index in [4.69, 9.17) is 18.9 Å². The number of methoxy groups -OCH3 is 3. The van der Waals surface area contributed by atoms with Crippen molar-refractivity contribution in [1.29, 1.82) is 0 Å². The molecule has 3 rings (SSSR count). The average Bonchev–Trinajstić information content (AvgIpc) is 2.65. The molecule has 0 radical (unpaired) electrons. The second-order valence-corrected chi connectivity index (χ2v) is 5.21. The maximum atomic E-state index is 5.83. The van der Waals surface area contributed by atoms with Gasteiger partial charge in [0.1, 0.15) is 18.1 Å². The number of pyridine rings is 1. The van der Waals surface area contributed by atoms with Crippen molar-refractivity contribution in [3.05, 3.63) is 54.2 Å². The van der Waals surface area contributed by atoms with Gasteiger partial charge in [0.25, 0.3) is 0 Å². The van der Waals surface area contributed by atoms with Gasteiger partial charge >= 0.3 is 0 Å². The van der Waals surface area contributed by atoms with Crippen molar-refractivity contribution in [2.75, 3.05) is 21.3 Å². The summed E-state index contributed by atoms with van der Waals surface area (Å²) in [6.07, 6.45) is 1.71. The second-order valence-electron chi connectivity index (χ2n) is 5.21. The van der Waals surface area contributed by atoms with E-state index in [0.29, 0.717) is 23.9 Å². The maximum Gasteiger partial charge on any atom is 0.162 e. The van der Waals surface area contributed by atoms with Crippen LogP contribution in [0.5, 0.6) is 23.0 Å². The highest BCUT2D eigenvalue weighted by Gasteiger charge is 2.08. The van der Waals surface area contributed by atoms with E-state index in [0.717, 1.165) is 22.2 Å². The molecule has 0 saturated heterocycles. The lowest BCUT2D eigenvalue weighted by Crippen LogP contribution is -1.97. The lowest BCUT2D eigenvalue weighted by atomic mass is 10.2. The van der Waals surface area contributed by atoms with Crippen molar-refractivity contribution in [2.45, 2.75) is 6.61 Å². The van der Waals surface area contributed by atoms with Crippen molar-refractivity contribution >= 4 is 10.9 Å². The van der Waals surface area contributed by atoms with Gasteiger partial charge in [0.2, 0.25) is 0 Å². The minimum atomic E-state index is 0.463. The Morgan fingerprint density at radius 3 is 2.17 bits per heavy atom. The molecule has 1 heterocycles. The predicted octanol–water partition coefficient (Wildman–Crippen LogP) is 3.84. The molecule has 0 N–H and O–H groups in total. The lowest BCUT2D eigenvalue weighted by molar-refractivity contribution is 0.305. The molecule has 0 spiro atoms. The van der Waals surface area contributed by atoms with E-state index in [9.17, 15) is 0 Å². The zero-order chi connectivity index (χ0) is 16.9. The first-order valence-electron chi connectivity index (χ1n) is 7.51. The van der Waals surface area contributed by atoms with E-state index in [1.54, 1.807) is 27.5 Å². The molecule has 5 heteroatoms. The Kier molecular flexibility index (Phi) is 4.70. The van der Waals surface area contributed by atoms with Crippen LogP contribution in [0, 0.1) is 0 Å². The van der Waals surface area contributed by atoms with Gasteiger partial charge < -0.3 is 18.9 Å². The Morgan fingerprint density at radius 1 is 0.792 bits per heavy atom. The molecule has 0 amide bonds. The van der Waals surface area contributed by atoms with Gasteiger partial charge in [-0.3, -0.25) is 4.98 Å². The number of rotatable bonds is 6. The van der Waals surface area contributed by atoms with Gasteiger partial charge in [-0.15, -0.1) is 0 Å². The molecule has 1 aromatic heterocycles. The van der Waals surface area contributed by atoms with Gasteiger partial charge in [-0.25, -0.2) is 0 Å². The summed E-state index contributed by atoms with van der Waals surface area (Å²) in [5.74, 6) is 2.85. The molecule has 3 aromatic rings. The third-order valence-corrected chi connectivity index (χ3v) is 3.73. The van der Waals surface area contributed by atoms with Crippen LogP contribution in [0.4, 0.5) is 0 Å². The molecule has 0 saturated carbocycles. The summed E-state index contributed by atoms with van der Waals surface area (Å²) in [6.45, 7) is 0.463. The molecule has 0 atom stereocenters. The van der Waals surface area contributed by atoms with Crippen LogP contribution in [0.25, 0.3) is 10.9 Å². The molecule has 2 aromatic carbocycles. The fraction of sp³-hybridized carbons (Fsp3) is 0.211. The number of hydrogen-bond acceptors (Lipinski definition) is 5. The zero-order valence-electron chi connectivity index (χ0n) is 13.9. The van der Waals surface area contributed by atoms with Crippen molar-refractivity contribution < 1.29 is 18.9 Å². The summed E-state index contributed by atoms with van der Waals surface area (Å²) in [6, 6.07) is 13.4. The van der Waals surface area contributed by atoms with Crippen LogP contribution in [-0.4, -0.2) is 26.3 Å². The smallest absolute Gasteiger partial charge is 0.162 e. The third kappa shape index (κ3) is 3.35. The average molecular weight is 325 g/mol. The molecule has 0 bridgehead atoms. The highest BCUT2D eigenvalue weighted by Crippen LogP contribution is 2.32. The van der Waals surface area contributed by atoms with E-state index in [1.165, 1.54) is 0 Å². The minimum Gasteiger partial charge on any atom is -0.497 e. The normalized spacial score (nSPS) is 10.5. The maximum absolute atomic E-state index is 5.83. The summed E-state index contributed by atoms with van der Waals surface area (Å²) in [4.78, 5) is 4.42. The fourth-order valence-corrected chi connectivity index (χ4v) is 2.40. The molecule has 5 nitrogen and oxygen atoms in total. The second kappa shape index (κ2) is 7.08. The molecular formula is C19H19NO4. The molecule has 0 unspecified atom stereocenters. The van der Waals surface area contributed by atoms with E-state index in [-0.39, 0.29) is 0 Å². The molecular weight excluding hydrogens is 306 g/mol. The Hall–Kier alpha value is -2.95. The zero-order valence-corrected chi connectivity index (χ0v) is 13.9. The quantitative estimate of drug-likeness (QED) is 0.689. The van der Waals surface area contributed by atoms with Crippen molar-refractivity contribution in [3.63, 3.8) is 0 Å². The number of fused-ring (bicyclic) bond motifs is 1. The van der Waals surface area contributed by atoms with E-state index < -0.39 is 0 Å². The number of ether oxygens (including phenoxy) is 4. The van der Waals surface area contributed by atoms with Gasteiger partial charge in [-0.05, 0) is 29.8 Å². The number of benzene rings is 2. The molecule has 0 fully saturated rings. The predicted molar refractivity (Wildman–Crippen MR) is 92.2 cm³/mol. The monoisotopic (exact) mass is 325 g/mol. The topological polar surface area (TPSA) is 49.8 Å². The largest absolute Gasteiger partial charge is 0.497 e. The van der Waals surface area contributed by atoms with Crippen molar-refractivity contribution in [1.82, 2.24) is 4.98 Å². The van der Waals surface area contributed by atoms with E-state index >= 15 is 0 Å². The lowest BCUT2D eigenvalue weighted by Gasteiger charge is -2.10. The van der Waals surface area contributed by atoms with Crippen LogP contribution in [0.3, 0.4) is 0 Å². The SMILES string of the molecule is COc1ccc(COc2cnc3cc(OC)c(OC)cc3c2)cc1. The van der Waals surface area contributed by atoms with Crippen LogP contribution < -0.4 is 18.9 Å². The first-order valence-corrected chi connectivity index (χ1v) is 7.51. The summed E-state index contributed by atoms with van der Waals surface area (Å²) in [5, 5.41) is 0.930.